The second-order valence-corrected chi connectivity index (χ2v) is 5.22. The van der Waals surface area contributed by atoms with Gasteiger partial charge in [0.15, 0.2) is 6.61 Å². The fourth-order valence-electron chi connectivity index (χ4n) is 2.51. The zero-order valence-electron chi connectivity index (χ0n) is 12.5. The standard InChI is InChI=1S/C15H18N4O3/c1-10-18-19-15(22-10)8-17-14(20)9-21-13-6-7-16-12-5-3-2-4-11(12)13/h6-7H,2-5,8-9H2,1H3,(H,17,20). The van der Waals surface area contributed by atoms with Gasteiger partial charge in [-0.15, -0.1) is 10.2 Å². The average molecular weight is 302 g/mol. The van der Waals surface area contributed by atoms with Crippen LogP contribution in [0, 0.1) is 6.92 Å². The van der Waals surface area contributed by atoms with E-state index in [0.717, 1.165) is 42.7 Å². The van der Waals surface area contributed by atoms with Crippen molar-refractivity contribution < 1.29 is 13.9 Å². The van der Waals surface area contributed by atoms with Crippen molar-refractivity contribution in [2.45, 2.75) is 39.2 Å². The average Bonchev–Trinajstić information content (AvgIpc) is 2.96. The fourth-order valence-corrected chi connectivity index (χ4v) is 2.51. The largest absolute Gasteiger partial charge is 0.483 e. The van der Waals surface area contributed by atoms with Gasteiger partial charge in [0.05, 0.1) is 6.54 Å². The minimum atomic E-state index is -0.225. The number of nitrogens with one attached hydrogen (secondary N) is 1. The summed E-state index contributed by atoms with van der Waals surface area (Å²) in [5.74, 6) is 1.39. The van der Waals surface area contributed by atoms with Crippen LogP contribution in [0.1, 0.15) is 35.9 Å². The molecule has 0 aliphatic heterocycles. The van der Waals surface area contributed by atoms with Gasteiger partial charge in [0, 0.05) is 24.4 Å². The lowest BCUT2D eigenvalue weighted by molar-refractivity contribution is -0.123. The topological polar surface area (TPSA) is 90.1 Å². The molecule has 7 nitrogen and oxygen atoms in total. The summed E-state index contributed by atoms with van der Waals surface area (Å²) in [7, 11) is 0. The van der Waals surface area contributed by atoms with Crippen LogP contribution in [0.2, 0.25) is 0 Å². The maximum absolute atomic E-state index is 11.8. The van der Waals surface area contributed by atoms with E-state index in [0.29, 0.717) is 11.8 Å². The molecular formula is C15H18N4O3. The Labute approximate surface area is 128 Å². The summed E-state index contributed by atoms with van der Waals surface area (Å²) < 4.78 is 10.8. The molecule has 0 aromatic carbocycles. The Kier molecular flexibility index (Phi) is 4.32. The van der Waals surface area contributed by atoms with Crippen molar-refractivity contribution in [3.63, 3.8) is 0 Å². The highest BCUT2D eigenvalue weighted by molar-refractivity contribution is 5.77. The molecule has 0 radical (unpaired) electrons. The third-order valence-corrected chi connectivity index (χ3v) is 3.56. The zero-order valence-corrected chi connectivity index (χ0v) is 12.5. The van der Waals surface area contributed by atoms with Gasteiger partial charge in [-0.25, -0.2) is 0 Å². The molecular weight excluding hydrogens is 284 g/mol. The monoisotopic (exact) mass is 302 g/mol. The number of fused-ring (bicyclic) bond motifs is 1. The van der Waals surface area contributed by atoms with Gasteiger partial charge in [-0.05, 0) is 31.7 Å². The smallest absolute Gasteiger partial charge is 0.258 e. The van der Waals surface area contributed by atoms with Crippen LogP contribution in [0.5, 0.6) is 5.75 Å². The van der Waals surface area contributed by atoms with Crippen molar-refractivity contribution in [2.24, 2.45) is 0 Å². The molecule has 1 aliphatic carbocycles. The van der Waals surface area contributed by atoms with Crippen molar-refractivity contribution in [3.8, 4) is 5.75 Å². The highest BCUT2D eigenvalue weighted by Crippen LogP contribution is 2.27. The maximum Gasteiger partial charge on any atom is 0.258 e. The second kappa shape index (κ2) is 6.55. The molecule has 116 valence electrons. The molecule has 0 unspecified atom stereocenters. The highest BCUT2D eigenvalue weighted by atomic mass is 16.5. The minimum Gasteiger partial charge on any atom is -0.483 e. The van der Waals surface area contributed by atoms with E-state index in [1.807, 2.05) is 6.07 Å². The highest BCUT2D eigenvalue weighted by Gasteiger charge is 2.16. The molecule has 0 saturated heterocycles. The van der Waals surface area contributed by atoms with Crippen molar-refractivity contribution in [1.29, 1.82) is 0 Å². The maximum atomic E-state index is 11.8. The quantitative estimate of drug-likeness (QED) is 0.896. The Hall–Kier alpha value is -2.44. The lowest BCUT2D eigenvalue weighted by Gasteiger charge is -2.18. The summed E-state index contributed by atoms with van der Waals surface area (Å²) in [4.78, 5) is 16.2. The van der Waals surface area contributed by atoms with Crippen molar-refractivity contribution in [3.05, 3.63) is 35.3 Å². The molecule has 2 aromatic rings. The molecule has 1 amide bonds. The number of pyridine rings is 1. The first-order chi connectivity index (χ1) is 10.7. The van der Waals surface area contributed by atoms with Gasteiger partial charge in [0.25, 0.3) is 5.91 Å². The first-order valence-electron chi connectivity index (χ1n) is 7.37. The molecule has 0 fully saturated rings. The van der Waals surface area contributed by atoms with Crippen LogP contribution in [-0.2, 0) is 24.2 Å². The van der Waals surface area contributed by atoms with Crippen molar-refractivity contribution in [2.75, 3.05) is 6.61 Å². The van der Waals surface area contributed by atoms with Gasteiger partial charge in [0.1, 0.15) is 5.75 Å². The van der Waals surface area contributed by atoms with Gasteiger partial charge < -0.3 is 14.5 Å². The Bertz CT molecular complexity index is 669. The van der Waals surface area contributed by atoms with E-state index in [4.69, 9.17) is 9.15 Å². The van der Waals surface area contributed by atoms with Crippen LogP contribution in [-0.4, -0.2) is 27.7 Å². The van der Waals surface area contributed by atoms with Crippen molar-refractivity contribution >= 4 is 5.91 Å². The van der Waals surface area contributed by atoms with Crippen LogP contribution >= 0.6 is 0 Å². The molecule has 2 heterocycles. The first kappa shape index (κ1) is 14.5. The van der Waals surface area contributed by atoms with Crippen LogP contribution in [0.25, 0.3) is 0 Å². The van der Waals surface area contributed by atoms with E-state index < -0.39 is 0 Å². The molecule has 2 aromatic heterocycles. The molecule has 0 atom stereocenters. The van der Waals surface area contributed by atoms with Crippen LogP contribution in [0.3, 0.4) is 0 Å². The molecule has 3 rings (SSSR count). The lowest BCUT2D eigenvalue weighted by atomic mass is 9.95. The number of carbonyl (C=O) groups is 1. The Morgan fingerprint density at radius 2 is 2.23 bits per heavy atom. The predicted octanol–water partition coefficient (Wildman–Crippen LogP) is 1.35. The summed E-state index contributed by atoms with van der Waals surface area (Å²) >= 11 is 0. The second-order valence-electron chi connectivity index (χ2n) is 5.22. The van der Waals surface area contributed by atoms with E-state index in [2.05, 4.69) is 20.5 Å². The number of nitrogens with zero attached hydrogens (tertiary/aromatic N) is 3. The molecule has 1 aliphatic rings. The Balaban J connectivity index is 1.53. The van der Waals surface area contributed by atoms with E-state index >= 15 is 0 Å². The lowest BCUT2D eigenvalue weighted by Crippen LogP contribution is -2.28. The van der Waals surface area contributed by atoms with E-state index in [9.17, 15) is 4.79 Å². The molecule has 0 saturated carbocycles. The van der Waals surface area contributed by atoms with Crippen LogP contribution in [0.4, 0.5) is 0 Å². The van der Waals surface area contributed by atoms with E-state index in [1.165, 1.54) is 0 Å². The molecule has 0 bridgehead atoms. The molecule has 0 spiro atoms. The Morgan fingerprint density at radius 1 is 1.36 bits per heavy atom. The van der Waals surface area contributed by atoms with E-state index in [-0.39, 0.29) is 19.1 Å². The predicted molar refractivity (Wildman–Crippen MR) is 77.3 cm³/mol. The van der Waals surface area contributed by atoms with Gasteiger partial charge in [-0.3, -0.25) is 9.78 Å². The van der Waals surface area contributed by atoms with Gasteiger partial charge in [-0.1, -0.05) is 0 Å². The van der Waals surface area contributed by atoms with Crippen LogP contribution < -0.4 is 10.1 Å². The Morgan fingerprint density at radius 3 is 3.05 bits per heavy atom. The van der Waals surface area contributed by atoms with Gasteiger partial charge in [-0.2, -0.15) is 0 Å². The molecule has 7 heteroatoms. The number of hydrogen-bond acceptors (Lipinski definition) is 6. The van der Waals surface area contributed by atoms with Gasteiger partial charge in [0.2, 0.25) is 11.8 Å². The van der Waals surface area contributed by atoms with E-state index in [1.54, 1.807) is 13.1 Å². The number of amides is 1. The number of rotatable bonds is 5. The number of aromatic nitrogens is 3. The number of hydrogen-bond donors (Lipinski definition) is 1. The summed E-state index contributed by atoms with van der Waals surface area (Å²) in [6, 6.07) is 1.82. The molecule has 1 N–H and O–H groups in total. The number of ether oxygens (including phenoxy) is 1. The van der Waals surface area contributed by atoms with Crippen molar-refractivity contribution in [1.82, 2.24) is 20.5 Å². The zero-order chi connectivity index (χ0) is 15.4. The summed E-state index contributed by atoms with van der Waals surface area (Å²) in [6.45, 7) is 1.87. The fraction of sp³-hybridized carbons (Fsp3) is 0.467. The summed E-state index contributed by atoms with van der Waals surface area (Å²) in [5.41, 5.74) is 2.22. The number of aryl methyl sites for hydroxylation is 2. The van der Waals surface area contributed by atoms with Gasteiger partial charge >= 0.3 is 0 Å². The first-order valence-corrected chi connectivity index (χ1v) is 7.37. The SMILES string of the molecule is Cc1nnc(CNC(=O)COc2ccnc3c2CCCC3)o1. The summed E-state index contributed by atoms with van der Waals surface area (Å²) in [5, 5.41) is 10.2. The number of carbonyl (C=O) groups excluding carboxylic acids is 1. The molecule has 22 heavy (non-hydrogen) atoms. The minimum absolute atomic E-state index is 0.0381. The third kappa shape index (κ3) is 3.41. The van der Waals surface area contributed by atoms with Crippen LogP contribution in [0.15, 0.2) is 16.7 Å². The third-order valence-electron chi connectivity index (χ3n) is 3.56. The normalized spacial score (nSPS) is 13.5. The summed E-state index contributed by atoms with van der Waals surface area (Å²) in [6.07, 6.45) is 5.97.